The van der Waals surface area contributed by atoms with E-state index in [4.69, 9.17) is 9.84 Å². The molecule has 0 aliphatic heterocycles. The van der Waals surface area contributed by atoms with Crippen LogP contribution in [0.15, 0.2) is 12.3 Å². The fourth-order valence-corrected chi connectivity index (χ4v) is 4.29. The van der Waals surface area contributed by atoms with E-state index in [1.807, 2.05) is 0 Å². The Labute approximate surface area is 160 Å². The molecule has 1 amide bonds. The lowest BCUT2D eigenvalue weighted by molar-refractivity contribution is -0.137. The van der Waals surface area contributed by atoms with Crippen LogP contribution in [0, 0.1) is 0 Å². The fourth-order valence-electron chi connectivity index (χ4n) is 3.02. The van der Waals surface area contributed by atoms with Crippen LogP contribution in [0.5, 0.6) is 0 Å². The minimum atomic E-state index is -1.05. The predicted octanol–water partition coefficient (Wildman–Crippen LogP) is 2.73. The van der Waals surface area contributed by atoms with Gasteiger partial charge in [0.25, 0.3) is 5.91 Å². The molecule has 2 aromatic rings. The number of aliphatic carboxylic acids is 1. The van der Waals surface area contributed by atoms with Crippen LogP contribution in [-0.4, -0.2) is 38.8 Å². The molecule has 8 nitrogen and oxygen atoms in total. The number of esters is 1. The highest BCUT2D eigenvalue weighted by molar-refractivity contribution is 7.17. The molecule has 1 aliphatic carbocycles. The summed E-state index contributed by atoms with van der Waals surface area (Å²) < 4.78 is 6.54. The highest BCUT2D eigenvalue weighted by Crippen LogP contribution is 2.38. The van der Waals surface area contributed by atoms with Crippen LogP contribution in [-0.2, 0) is 28.9 Å². The van der Waals surface area contributed by atoms with E-state index >= 15 is 0 Å². The SMILES string of the molecule is CC(C)OC(=O)c1c(NC(=O)c2ccn(CC(=O)O)n2)sc2c1CCCC2. The van der Waals surface area contributed by atoms with Gasteiger partial charge in [0.05, 0.1) is 11.7 Å². The molecule has 0 fully saturated rings. The van der Waals surface area contributed by atoms with Gasteiger partial charge >= 0.3 is 11.9 Å². The van der Waals surface area contributed by atoms with Gasteiger partial charge in [0, 0.05) is 11.1 Å². The molecular weight excluding hydrogens is 370 g/mol. The summed E-state index contributed by atoms with van der Waals surface area (Å²) in [7, 11) is 0. The molecule has 0 unspecified atom stereocenters. The van der Waals surface area contributed by atoms with Crippen LogP contribution in [0.2, 0.25) is 0 Å². The van der Waals surface area contributed by atoms with Crippen molar-refractivity contribution in [3.05, 3.63) is 34.0 Å². The summed E-state index contributed by atoms with van der Waals surface area (Å²) in [5.41, 5.74) is 1.48. The fraction of sp³-hybridized carbons (Fsp3) is 0.444. The number of aromatic nitrogens is 2. The number of nitrogens with zero attached hydrogens (tertiary/aromatic N) is 2. The zero-order valence-electron chi connectivity index (χ0n) is 15.2. The number of thiophene rings is 1. The van der Waals surface area contributed by atoms with E-state index in [2.05, 4.69) is 10.4 Å². The molecule has 0 saturated carbocycles. The molecule has 2 N–H and O–H groups in total. The van der Waals surface area contributed by atoms with Crippen molar-refractivity contribution in [2.45, 2.75) is 52.2 Å². The first-order valence-electron chi connectivity index (χ1n) is 8.77. The number of carbonyl (C=O) groups excluding carboxylic acids is 2. The molecule has 1 aliphatic rings. The largest absolute Gasteiger partial charge is 0.480 e. The third-order valence-electron chi connectivity index (χ3n) is 4.12. The van der Waals surface area contributed by atoms with Gasteiger partial charge in [-0.1, -0.05) is 0 Å². The molecular formula is C18H21N3O5S. The summed E-state index contributed by atoms with van der Waals surface area (Å²) in [6, 6.07) is 1.44. The number of hydrogen-bond acceptors (Lipinski definition) is 6. The number of amides is 1. The lowest BCUT2D eigenvalue weighted by Gasteiger charge is -2.14. The second-order valence-electron chi connectivity index (χ2n) is 6.62. The number of anilines is 1. The lowest BCUT2D eigenvalue weighted by atomic mass is 9.95. The Kier molecular flexibility index (Phi) is 5.59. The monoisotopic (exact) mass is 391 g/mol. The number of carboxylic acids is 1. The molecule has 0 atom stereocenters. The first-order chi connectivity index (χ1) is 12.8. The Hall–Kier alpha value is -2.68. The van der Waals surface area contributed by atoms with Crippen molar-refractivity contribution < 1.29 is 24.2 Å². The van der Waals surface area contributed by atoms with Crippen LogP contribution in [0.25, 0.3) is 0 Å². The zero-order chi connectivity index (χ0) is 19.6. The topological polar surface area (TPSA) is 111 Å². The summed E-state index contributed by atoms with van der Waals surface area (Å²) in [5.74, 6) is -1.97. The number of carboxylic acid groups (broad SMARTS) is 1. The molecule has 0 saturated heterocycles. The molecule has 144 valence electrons. The molecule has 0 radical (unpaired) electrons. The third kappa shape index (κ3) is 4.36. The number of ether oxygens (including phenoxy) is 1. The van der Waals surface area contributed by atoms with Crippen LogP contribution in [0.3, 0.4) is 0 Å². The second kappa shape index (κ2) is 7.91. The van der Waals surface area contributed by atoms with Crippen molar-refractivity contribution in [2.75, 3.05) is 5.32 Å². The Balaban J connectivity index is 1.86. The number of nitrogens with one attached hydrogen (secondary N) is 1. The minimum absolute atomic E-state index is 0.0887. The average molecular weight is 391 g/mol. The Morgan fingerprint density at radius 3 is 2.78 bits per heavy atom. The second-order valence-corrected chi connectivity index (χ2v) is 7.72. The Morgan fingerprint density at radius 2 is 2.07 bits per heavy atom. The van der Waals surface area contributed by atoms with E-state index in [0.29, 0.717) is 10.6 Å². The van der Waals surface area contributed by atoms with Crippen LogP contribution in [0.4, 0.5) is 5.00 Å². The summed E-state index contributed by atoms with van der Waals surface area (Å²) in [6.45, 7) is 3.24. The number of aryl methyl sites for hydroxylation is 1. The van der Waals surface area contributed by atoms with Gasteiger partial charge < -0.3 is 15.2 Å². The normalized spacial score (nSPS) is 13.3. The van der Waals surface area contributed by atoms with Crippen molar-refractivity contribution in [3.8, 4) is 0 Å². The maximum atomic E-state index is 12.6. The smallest absolute Gasteiger partial charge is 0.341 e. The van der Waals surface area contributed by atoms with Crippen molar-refractivity contribution in [1.82, 2.24) is 9.78 Å². The van der Waals surface area contributed by atoms with Gasteiger partial charge in [-0.15, -0.1) is 11.3 Å². The van der Waals surface area contributed by atoms with Crippen molar-refractivity contribution >= 4 is 34.2 Å². The minimum Gasteiger partial charge on any atom is -0.480 e. The van der Waals surface area contributed by atoms with E-state index in [-0.39, 0.29) is 18.3 Å². The number of carbonyl (C=O) groups is 3. The van der Waals surface area contributed by atoms with Crippen molar-refractivity contribution in [1.29, 1.82) is 0 Å². The molecule has 27 heavy (non-hydrogen) atoms. The molecule has 9 heteroatoms. The van der Waals surface area contributed by atoms with E-state index < -0.39 is 17.8 Å². The van der Waals surface area contributed by atoms with Gasteiger partial charge in [-0.25, -0.2) is 4.79 Å². The quantitative estimate of drug-likeness (QED) is 0.733. The van der Waals surface area contributed by atoms with Crippen LogP contribution < -0.4 is 5.32 Å². The Morgan fingerprint density at radius 1 is 1.33 bits per heavy atom. The highest BCUT2D eigenvalue weighted by Gasteiger charge is 2.28. The summed E-state index contributed by atoms with van der Waals surface area (Å²) >= 11 is 1.40. The summed E-state index contributed by atoms with van der Waals surface area (Å²) in [5, 5.41) is 16.0. The molecule has 0 bridgehead atoms. The highest BCUT2D eigenvalue weighted by atomic mass is 32.1. The molecule has 0 aromatic carbocycles. The number of rotatable bonds is 6. The average Bonchev–Trinajstić information content (AvgIpc) is 3.17. The van der Waals surface area contributed by atoms with Gasteiger partial charge in [0.15, 0.2) is 5.69 Å². The van der Waals surface area contributed by atoms with E-state index in [1.165, 1.54) is 28.3 Å². The molecule has 2 aromatic heterocycles. The maximum Gasteiger partial charge on any atom is 0.341 e. The third-order valence-corrected chi connectivity index (χ3v) is 5.32. The lowest BCUT2D eigenvalue weighted by Crippen LogP contribution is -2.18. The van der Waals surface area contributed by atoms with Gasteiger partial charge in [-0.05, 0) is 51.2 Å². The molecule has 3 rings (SSSR count). The van der Waals surface area contributed by atoms with Crippen LogP contribution >= 0.6 is 11.3 Å². The first-order valence-corrected chi connectivity index (χ1v) is 9.59. The zero-order valence-corrected chi connectivity index (χ0v) is 16.0. The summed E-state index contributed by atoms with van der Waals surface area (Å²) in [6.07, 6.45) is 4.89. The van der Waals surface area contributed by atoms with Gasteiger partial charge in [0.2, 0.25) is 0 Å². The summed E-state index contributed by atoms with van der Waals surface area (Å²) in [4.78, 5) is 37.0. The van der Waals surface area contributed by atoms with Crippen LogP contribution in [0.1, 0.15) is 58.0 Å². The maximum absolute atomic E-state index is 12.6. The molecule has 0 spiro atoms. The van der Waals surface area contributed by atoms with E-state index in [0.717, 1.165) is 36.1 Å². The number of fused-ring (bicyclic) bond motifs is 1. The Bertz CT molecular complexity index is 884. The van der Waals surface area contributed by atoms with Gasteiger partial charge in [0.1, 0.15) is 11.5 Å². The first kappa shape index (κ1) is 19.1. The van der Waals surface area contributed by atoms with Crippen molar-refractivity contribution in [2.24, 2.45) is 0 Å². The van der Waals surface area contributed by atoms with Gasteiger partial charge in [-0.2, -0.15) is 5.10 Å². The predicted molar refractivity (Wildman–Crippen MR) is 99.3 cm³/mol. The number of hydrogen-bond donors (Lipinski definition) is 2. The van der Waals surface area contributed by atoms with Crippen molar-refractivity contribution in [3.63, 3.8) is 0 Å². The van der Waals surface area contributed by atoms with E-state index in [1.54, 1.807) is 13.8 Å². The van der Waals surface area contributed by atoms with E-state index in [9.17, 15) is 14.4 Å². The standard InChI is InChI=1S/C18H21N3O5S/c1-10(2)26-18(25)15-11-5-3-4-6-13(11)27-17(15)19-16(24)12-7-8-21(20-12)9-14(22)23/h7-8,10H,3-6,9H2,1-2H3,(H,19,24)(H,22,23). The molecule has 2 heterocycles. The van der Waals surface area contributed by atoms with Gasteiger partial charge in [-0.3, -0.25) is 14.3 Å².